The van der Waals surface area contributed by atoms with E-state index in [2.05, 4.69) is 72.4 Å². The van der Waals surface area contributed by atoms with Crippen molar-refractivity contribution < 1.29 is 9.59 Å². The van der Waals surface area contributed by atoms with Gasteiger partial charge in [0, 0.05) is 28.6 Å². The smallest absolute Gasteiger partial charge is 0.255 e. The first-order chi connectivity index (χ1) is 18.9. The van der Waals surface area contributed by atoms with Gasteiger partial charge < -0.3 is 20.1 Å². The monoisotopic (exact) mass is 522 g/mol. The van der Waals surface area contributed by atoms with Gasteiger partial charge in [0.2, 0.25) is 5.91 Å². The van der Waals surface area contributed by atoms with E-state index in [-0.39, 0.29) is 11.8 Å². The van der Waals surface area contributed by atoms with Gasteiger partial charge in [0.05, 0.1) is 11.7 Å². The Hall–Kier alpha value is -3.90. The molecule has 1 aliphatic heterocycles. The van der Waals surface area contributed by atoms with E-state index >= 15 is 0 Å². The summed E-state index contributed by atoms with van der Waals surface area (Å²) in [6.45, 7) is 11.7. The number of para-hydroxylation sites is 1. The number of rotatable bonds is 10. The SMILES string of the molecule is CCN(CC)CCCNC(=O)[C@@H](C)N1C(=O)c2ccccc2[C@H]1c1c(-c2ccc(C)cc2)[nH]c2ccccc12. The highest BCUT2D eigenvalue weighted by molar-refractivity contribution is 6.04. The van der Waals surface area contributed by atoms with Crippen LogP contribution in [0.15, 0.2) is 72.8 Å². The highest BCUT2D eigenvalue weighted by atomic mass is 16.2. The van der Waals surface area contributed by atoms with Crippen LogP contribution >= 0.6 is 0 Å². The minimum absolute atomic E-state index is 0.110. The molecule has 202 valence electrons. The number of amides is 2. The molecule has 5 rings (SSSR count). The Morgan fingerprint density at radius 2 is 1.69 bits per heavy atom. The fourth-order valence-corrected chi connectivity index (χ4v) is 5.75. The number of aromatic nitrogens is 1. The maximum absolute atomic E-state index is 13.9. The molecule has 0 spiro atoms. The van der Waals surface area contributed by atoms with Crippen LogP contribution in [0.25, 0.3) is 22.2 Å². The van der Waals surface area contributed by atoms with Gasteiger partial charge in [-0.2, -0.15) is 0 Å². The van der Waals surface area contributed by atoms with Gasteiger partial charge in [-0.25, -0.2) is 0 Å². The van der Waals surface area contributed by atoms with Crippen LogP contribution < -0.4 is 5.32 Å². The van der Waals surface area contributed by atoms with Crippen molar-refractivity contribution in [3.63, 3.8) is 0 Å². The second-order valence-corrected chi connectivity index (χ2v) is 10.4. The highest BCUT2D eigenvalue weighted by Gasteiger charge is 2.44. The molecule has 0 unspecified atom stereocenters. The molecule has 1 aliphatic rings. The summed E-state index contributed by atoms with van der Waals surface area (Å²) in [6, 6.07) is 23.4. The zero-order valence-electron chi connectivity index (χ0n) is 23.3. The fraction of sp³-hybridized carbons (Fsp3) is 0.333. The summed E-state index contributed by atoms with van der Waals surface area (Å²) >= 11 is 0. The van der Waals surface area contributed by atoms with Gasteiger partial charge in [0.15, 0.2) is 0 Å². The maximum Gasteiger partial charge on any atom is 0.255 e. The Kier molecular flexibility index (Phi) is 7.84. The van der Waals surface area contributed by atoms with Crippen molar-refractivity contribution in [2.75, 3.05) is 26.2 Å². The van der Waals surface area contributed by atoms with Crippen LogP contribution in [-0.2, 0) is 4.79 Å². The largest absolute Gasteiger partial charge is 0.354 e. The molecule has 0 saturated heterocycles. The van der Waals surface area contributed by atoms with Crippen LogP contribution in [0.3, 0.4) is 0 Å². The zero-order chi connectivity index (χ0) is 27.5. The van der Waals surface area contributed by atoms with Crippen LogP contribution in [0.5, 0.6) is 0 Å². The van der Waals surface area contributed by atoms with Crippen LogP contribution in [0, 0.1) is 6.92 Å². The summed E-state index contributed by atoms with van der Waals surface area (Å²) in [5.41, 5.74) is 6.83. The number of carbonyl (C=O) groups excluding carboxylic acids is 2. The molecule has 0 fully saturated rings. The third-order valence-electron chi connectivity index (χ3n) is 8.00. The average molecular weight is 523 g/mol. The number of hydrogen-bond donors (Lipinski definition) is 2. The third-order valence-corrected chi connectivity index (χ3v) is 8.00. The fourth-order valence-electron chi connectivity index (χ4n) is 5.75. The van der Waals surface area contributed by atoms with Crippen LogP contribution in [-0.4, -0.2) is 58.8 Å². The normalized spacial score (nSPS) is 15.7. The van der Waals surface area contributed by atoms with E-state index in [4.69, 9.17) is 0 Å². The third kappa shape index (κ3) is 5.09. The van der Waals surface area contributed by atoms with Crippen LogP contribution in [0.1, 0.15) is 60.3 Å². The molecular formula is C33H38N4O2. The van der Waals surface area contributed by atoms with Crippen LogP contribution in [0.4, 0.5) is 0 Å². The summed E-state index contributed by atoms with van der Waals surface area (Å²) in [5.74, 6) is -0.237. The summed E-state index contributed by atoms with van der Waals surface area (Å²) in [6.07, 6.45) is 0.873. The number of nitrogens with one attached hydrogen (secondary N) is 2. The Labute approximate surface area is 231 Å². The minimum Gasteiger partial charge on any atom is -0.354 e. The molecule has 4 aromatic rings. The minimum atomic E-state index is -0.636. The lowest BCUT2D eigenvalue weighted by molar-refractivity contribution is -0.125. The van der Waals surface area contributed by atoms with Crippen molar-refractivity contribution in [2.24, 2.45) is 0 Å². The molecular weight excluding hydrogens is 484 g/mol. The molecule has 6 heteroatoms. The average Bonchev–Trinajstić information content (AvgIpc) is 3.48. The van der Waals surface area contributed by atoms with Crippen molar-refractivity contribution in [1.82, 2.24) is 20.1 Å². The molecule has 0 bridgehead atoms. The van der Waals surface area contributed by atoms with Gasteiger partial charge in [0.25, 0.3) is 5.91 Å². The predicted octanol–water partition coefficient (Wildman–Crippen LogP) is 5.93. The lowest BCUT2D eigenvalue weighted by atomic mass is 9.92. The van der Waals surface area contributed by atoms with Crippen molar-refractivity contribution in [1.29, 1.82) is 0 Å². The lowest BCUT2D eigenvalue weighted by Crippen LogP contribution is -2.47. The Bertz CT molecular complexity index is 1470. The first kappa shape index (κ1) is 26.7. The summed E-state index contributed by atoms with van der Waals surface area (Å²) < 4.78 is 0. The summed E-state index contributed by atoms with van der Waals surface area (Å²) in [5, 5.41) is 4.15. The second-order valence-electron chi connectivity index (χ2n) is 10.4. The zero-order valence-corrected chi connectivity index (χ0v) is 23.3. The van der Waals surface area contributed by atoms with Crippen molar-refractivity contribution in [3.8, 4) is 11.3 Å². The van der Waals surface area contributed by atoms with Crippen LogP contribution in [0.2, 0.25) is 0 Å². The van der Waals surface area contributed by atoms with E-state index in [1.807, 2.05) is 43.3 Å². The molecule has 2 N–H and O–H groups in total. The second kappa shape index (κ2) is 11.5. The maximum atomic E-state index is 13.9. The Morgan fingerprint density at radius 3 is 2.44 bits per heavy atom. The van der Waals surface area contributed by atoms with Gasteiger partial charge in [-0.15, -0.1) is 0 Å². The molecule has 2 heterocycles. The molecule has 2 amide bonds. The molecule has 6 nitrogen and oxygen atoms in total. The van der Waals surface area contributed by atoms with E-state index in [1.165, 1.54) is 5.56 Å². The molecule has 2 atom stereocenters. The number of benzene rings is 3. The molecule has 0 aliphatic carbocycles. The first-order valence-corrected chi connectivity index (χ1v) is 14.0. The number of aromatic amines is 1. The van der Waals surface area contributed by atoms with E-state index in [0.29, 0.717) is 12.1 Å². The van der Waals surface area contributed by atoms with Gasteiger partial charge in [-0.05, 0) is 63.2 Å². The van der Waals surface area contributed by atoms with Gasteiger partial charge in [0.1, 0.15) is 6.04 Å². The first-order valence-electron chi connectivity index (χ1n) is 14.0. The van der Waals surface area contributed by atoms with E-state index < -0.39 is 12.1 Å². The molecule has 0 radical (unpaired) electrons. The number of fused-ring (bicyclic) bond motifs is 2. The number of nitrogens with zero attached hydrogens (tertiary/aromatic N) is 2. The van der Waals surface area contributed by atoms with Crippen molar-refractivity contribution in [2.45, 2.75) is 46.2 Å². The lowest BCUT2D eigenvalue weighted by Gasteiger charge is -2.31. The molecule has 3 aromatic carbocycles. The number of H-pyrrole nitrogens is 1. The number of carbonyl (C=O) groups is 2. The van der Waals surface area contributed by atoms with Gasteiger partial charge in [-0.3, -0.25) is 9.59 Å². The van der Waals surface area contributed by atoms with Crippen molar-refractivity contribution in [3.05, 3.63) is 95.1 Å². The summed E-state index contributed by atoms with van der Waals surface area (Å²) in [4.78, 5) is 35.1. The van der Waals surface area contributed by atoms with E-state index in [1.54, 1.807) is 4.90 Å². The highest BCUT2D eigenvalue weighted by Crippen LogP contribution is 2.46. The van der Waals surface area contributed by atoms with Gasteiger partial charge in [-0.1, -0.05) is 80.1 Å². The van der Waals surface area contributed by atoms with Gasteiger partial charge >= 0.3 is 0 Å². The van der Waals surface area contributed by atoms with E-state index in [0.717, 1.165) is 59.3 Å². The topological polar surface area (TPSA) is 68.4 Å². The van der Waals surface area contributed by atoms with E-state index in [9.17, 15) is 9.59 Å². The predicted molar refractivity (Wildman–Crippen MR) is 158 cm³/mol. The number of aryl methyl sites for hydroxylation is 1. The summed E-state index contributed by atoms with van der Waals surface area (Å²) in [7, 11) is 0. The number of hydrogen-bond acceptors (Lipinski definition) is 3. The quantitative estimate of drug-likeness (QED) is 0.254. The van der Waals surface area contributed by atoms with Crippen molar-refractivity contribution >= 4 is 22.7 Å². The molecule has 39 heavy (non-hydrogen) atoms. The molecule has 0 saturated carbocycles. The standard InChI is InChI=1S/C33H38N4O2/c1-5-36(6-2)21-11-20-34-32(38)23(4)37-31(25-12-7-8-13-26(25)33(37)39)29-27-14-9-10-15-28(27)35-30(29)24-18-16-22(3)17-19-24/h7-10,12-19,23,31,35H,5-6,11,20-21H2,1-4H3,(H,34,38)/t23-,31+/m1/s1. The Balaban J connectivity index is 1.54. The Morgan fingerprint density at radius 1 is 1.00 bits per heavy atom. The molecule has 1 aromatic heterocycles.